The van der Waals surface area contributed by atoms with E-state index in [0.29, 0.717) is 19.0 Å². The molecular weight excluding hydrogens is 378 g/mol. The lowest BCUT2D eigenvalue weighted by molar-refractivity contribution is 0.485. The topological polar surface area (TPSA) is 46.9 Å². The molecule has 1 aliphatic rings. The third kappa shape index (κ3) is 3.72. The molecule has 2 heterocycles. The second kappa shape index (κ2) is 7.97. The molecule has 1 unspecified atom stereocenters. The maximum atomic E-state index is 13.1. The fourth-order valence-corrected chi connectivity index (χ4v) is 5.21. The standard InChI is InChI=1S/C21H22ClN3OS/c1-2-10-23-15-7-8-16-18(12-15)27-20-19(16)21(26)25(13-24-20)11-9-14-5-3-4-6-17(14)22/h2-6,13,15,23H,1,7-12H2. The van der Waals surface area contributed by atoms with Gasteiger partial charge in [-0.1, -0.05) is 35.9 Å². The Morgan fingerprint density at radius 2 is 2.26 bits per heavy atom. The molecule has 0 spiro atoms. The maximum absolute atomic E-state index is 13.1. The molecule has 1 atom stereocenters. The first-order valence-electron chi connectivity index (χ1n) is 9.24. The van der Waals surface area contributed by atoms with Gasteiger partial charge >= 0.3 is 0 Å². The summed E-state index contributed by atoms with van der Waals surface area (Å²) in [5, 5.41) is 5.06. The Balaban J connectivity index is 1.60. The second-order valence-electron chi connectivity index (χ2n) is 6.91. The van der Waals surface area contributed by atoms with Gasteiger partial charge in [0.1, 0.15) is 4.83 Å². The van der Waals surface area contributed by atoms with Gasteiger partial charge in [-0.25, -0.2) is 4.98 Å². The van der Waals surface area contributed by atoms with E-state index in [9.17, 15) is 4.79 Å². The highest BCUT2D eigenvalue weighted by Crippen LogP contribution is 2.33. The van der Waals surface area contributed by atoms with Crippen molar-refractivity contribution in [3.8, 4) is 0 Å². The Bertz CT molecular complexity index is 1040. The van der Waals surface area contributed by atoms with Gasteiger partial charge in [0.05, 0.1) is 11.7 Å². The molecule has 0 bridgehead atoms. The monoisotopic (exact) mass is 399 g/mol. The van der Waals surface area contributed by atoms with E-state index >= 15 is 0 Å². The summed E-state index contributed by atoms with van der Waals surface area (Å²) >= 11 is 7.90. The van der Waals surface area contributed by atoms with Crippen LogP contribution in [0.3, 0.4) is 0 Å². The molecule has 1 N–H and O–H groups in total. The summed E-state index contributed by atoms with van der Waals surface area (Å²) in [5.74, 6) is 0. The summed E-state index contributed by atoms with van der Waals surface area (Å²) in [4.78, 5) is 19.8. The van der Waals surface area contributed by atoms with Crippen LogP contribution in [-0.4, -0.2) is 22.1 Å². The van der Waals surface area contributed by atoms with Gasteiger partial charge < -0.3 is 5.32 Å². The molecule has 1 aliphatic carbocycles. The second-order valence-corrected chi connectivity index (χ2v) is 8.40. The van der Waals surface area contributed by atoms with Gasteiger partial charge in [-0.15, -0.1) is 17.9 Å². The molecule has 6 heteroatoms. The van der Waals surface area contributed by atoms with Gasteiger partial charge in [-0.2, -0.15) is 0 Å². The maximum Gasteiger partial charge on any atom is 0.262 e. The van der Waals surface area contributed by atoms with Crippen LogP contribution in [0.4, 0.5) is 0 Å². The van der Waals surface area contributed by atoms with Crippen LogP contribution < -0.4 is 10.9 Å². The van der Waals surface area contributed by atoms with E-state index < -0.39 is 0 Å². The van der Waals surface area contributed by atoms with E-state index in [-0.39, 0.29) is 5.56 Å². The highest BCUT2D eigenvalue weighted by molar-refractivity contribution is 7.18. The predicted octanol–water partition coefficient (Wildman–Crippen LogP) is 3.99. The minimum atomic E-state index is 0.0713. The van der Waals surface area contributed by atoms with Gasteiger partial charge in [-0.3, -0.25) is 9.36 Å². The molecule has 2 aromatic heterocycles. The van der Waals surface area contributed by atoms with E-state index in [1.54, 1.807) is 22.2 Å². The average molecular weight is 400 g/mol. The van der Waals surface area contributed by atoms with Gasteiger partial charge in [0, 0.05) is 29.0 Å². The summed E-state index contributed by atoms with van der Waals surface area (Å²) in [6, 6.07) is 8.22. The molecule has 1 aromatic carbocycles. The van der Waals surface area contributed by atoms with E-state index in [4.69, 9.17) is 11.6 Å². The van der Waals surface area contributed by atoms with Crippen molar-refractivity contribution in [1.29, 1.82) is 0 Å². The fraction of sp³-hybridized carbons (Fsp3) is 0.333. The number of thiophene rings is 1. The van der Waals surface area contributed by atoms with E-state index in [0.717, 1.165) is 46.6 Å². The van der Waals surface area contributed by atoms with Crippen molar-refractivity contribution < 1.29 is 0 Å². The lowest BCUT2D eigenvalue weighted by Crippen LogP contribution is -2.34. The summed E-state index contributed by atoms with van der Waals surface area (Å²) in [6.07, 6.45) is 7.21. The van der Waals surface area contributed by atoms with Crippen LogP contribution >= 0.6 is 22.9 Å². The Kier molecular flexibility index (Phi) is 5.43. The van der Waals surface area contributed by atoms with Crippen LogP contribution in [0.5, 0.6) is 0 Å². The van der Waals surface area contributed by atoms with Crippen LogP contribution in [0.1, 0.15) is 22.4 Å². The van der Waals surface area contributed by atoms with Crippen molar-refractivity contribution in [2.75, 3.05) is 6.54 Å². The lowest BCUT2D eigenvalue weighted by Gasteiger charge is -2.22. The Labute approximate surface area is 167 Å². The number of hydrogen-bond acceptors (Lipinski definition) is 4. The van der Waals surface area contributed by atoms with Crippen LogP contribution in [0.2, 0.25) is 5.02 Å². The Hall–Kier alpha value is -1.95. The lowest BCUT2D eigenvalue weighted by atomic mass is 9.93. The molecule has 0 saturated heterocycles. The zero-order chi connectivity index (χ0) is 18.8. The number of aryl methyl sites for hydroxylation is 3. The largest absolute Gasteiger partial charge is 0.310 e. The summed E-state index contributed by atoms with van der Waals surface area (Å²) in [6.45, 7) is 5.17. The quantitative estimate of drug-likeness (QED) is 0.637. The first-order chi connectivity index (χ1) is 13.2. The fourth-order valence-electron chi connectivity index (χ4n) is 3.73. The highest BCUT2D eigenvalue weighted by atomic mass is 35.5. The number of nitrogens with zero attached hydrogens (tertiary/aromatic N) is 2. The van der Waals surface area contributed by atoms with Crippen LogP contribution in [0.25, 0.3) is 10.2 Å². The average Bonchev–Trinajstić information content (AvgIpc) is 3.05. The van der Waals surface area contributed by atoms with Crippen LogP contribution in [0, 0.1) is 0 Å². The third-order valence-corrected chi connectivity index (χ3v) is 6.70. The molecular formula is C21H22ClN3OS. The summed E-state index contributed by atoms with van der Waals surface area (Å²) in [7, 11) is 0. The minimum Gasteiger partial charge on any atom is -0.310 e. The number of aromatic nitrogens is 2. The molecule has 0 aliphatic heterocycles. The molecule has 4 rings (SSSR count). The van der Waals surface area contributed by atoms with Gasteiger partial charge in [-0.05, 0) is 42.9 Å². The molecule has 140 valence electrons. The smallest absolute Gasteiger partial charge is 0.262 e. The van der Waals surface area contributed by atoms with E-state index in [1.165, 1.54) is 10.4 Å². The zero-order valence-corrected chi connectivity index (χ0v) is 16.7. The number of hydrogen-bond donors (Lipinski definition) is 1. The van der Waals surface area contributed by atoms with Gasteiger partial charge in [0.2, 0.25) is 0 Å². The van der Waals surface area contributed by atoms with Crippen LogP contribution in [0.15, 0.2) is 48.0 Å². The van der Waals surface area contributed by atoms with Crippen molar-refractivity contribution >= 4 is 33.2 Å². The number of fused-ring (bicyclic) bond motifs is 3. The minimum absolute atomic E-state index is 0.0713. The number of nitrogens with one attached hydrogen (secondary N) is 1. The Morgan fingerprint density at radius 1 is 1.41 bits per heavy atom. The summed E-state index contributed by atoms with van der Waals surface area (Å²) < 4.78 is 1.72. The molecule has 4 nitrogen and oxygen atoms in total. The number of halogens is 1. The third-order valence-electron chi connectivity index (χ3n) is 5.17. The van der Waals surface area contributed by atoms with Crippen molar-refractivity contribution in [2.24, 2.45) is 0 Å². The molecule has 27 heavy (non-hydrogen) atoms. The Morgan fingerprint density at radius 3 is 3.07 bits per heavy atom. The van der Waals surface area contributed by atoms with Crippen molar-refractivity contribution in [2.45, 2.75) is 38.3 Å². The van der Waals surface area contributed by atoms with Crippen molar-refractivity contribution in [3.63, 3.8) is 0 Å². The first kappa shape index (κ1) is 18.4. The van der Waals surface area contributed by atoms with Gasteiger partial charge in [0.25, 0.3) is 5.56 Å². The van der Waals surface area contributed by atoms with E-state index in [1.807, 2.05) is 30.3 Å². The normalized spacial score (nSPS) is 16.4. The van der Waals surface area contributed by atoms with Crippen LogP contribution in [-0.2, 0) is 25.8 Å². The van der Waals surface area contributed by atoms with E-state index in [2.05, 4.69) is 16.9 Å². The zero-order valence-electron chi connectivity index (χ0n) is 15.1. The number of benzene rings is 1. The summed E-state index contributed by atoms with van der Waals surface area (Å²) in [5.41, 5.74) is 2.33. The first-order valence-corrected chi connectivity index (χ1v) is 10.4. The van der Waals surface area contributed by atoms with Crippen molar-refractivity contribution in [1.82, 2.24) is 14.9 Å². The molecule has 0 amide bonds. The molecule has 0 fully saturated rings. The number of rotatable bonds is 6. The molecule has 3 aromatic rings. The van der Waals surface area contributed by atoms with Crippen molar-refractivity contribution in [3.05, 3.63) is 74.6 Å². The molecule has 0 saturated carbocycles. The predicted molar refractivity (Wildman–Crippen MR) is 113 cm³/mol. The SMILES string of the molecule is C=CCNC1CCc2c(sc3ncn(CCc4ccccc4Cl)c(=O)c23)C1. The van der Waals surface area contributed by atoms with Gasteiger partial charge in [0.15, 0.2) is 0 Å². The highest BCUT2D eigenvalue weighted by Gasteiger charge is 2.24. The molecule has 0 radical (unpaired) electrons.